The van der Waals surface area contributed by atoms with E-state index in [-0.39, 0.29) is 5.92 Å². The highest BCUT2D eigenvalue weighted by Gasteiger charge is 2.35. The lowest BCUT2D eigenvalue weighted by Gasteiger charge is -2.28. The smallest absolute Gasteiger partial charge is 0.144 e. The summed E-state index contributed by atoms with van der Waals surface area (Å²) < 4.78 is 6.87. The van der Waals surface area contributed by atoms with Gasteiger partial charge in [0.15, 0.2) is 0 Å². The predicted octanol–water partition coefficient (Wildman–Crippen LogP) is 14.3. The van der Waals surface area contributed by atoms with Gasteiger partial charge in [0, 0.05) is 39.2 Å². The van der Waals surface area contributed by atoms with Crippen LogP contribution >= 0.6 is 0 Å². The third-order valence-electron chi connectivity index (χ3n) is 11.3. The molecule has 2 nitrogen and oxygen atoms in total. The van der Waals surface area contributed by atoms with E-state index in [9.17, 15) is 0 Å². The number of nitrogens with zero attached hydrogens (tertiary/aromatic N) is 1. The Morgan fingerprint density at radius 1 is 0.481 bits per heavy atom. The normalized spacial score (nSPS) is 13.7. The Kier molecular flexibility index (Phi) is 6.26. The molecule has 0 radical (unpaired) electrons. The SMILES string of the molecule is CC1c2cccc(N(c3ccccc3)c3ccc(-c4cc5ccccc5c5ccccc45)cc3)c2-c2c1c1ccccc1c1c2oc2ccccc21. The molecule has 1 atom stereocenters. The number of rotatable bonds is 4. The molecule has 0 fully saturated rings. The summed E-state index contributed by atoms with van der Waals surface area (Å²) in [6, 6.07) is 63.8. The number of hydrogen-bond acceptors (Lipinski definition) is 2. The van der Waals surface area contributed by atoms with Gasteiger partial charge in [-0.1, -0.05) is 140 Å². The van der Waals surface area contributed by atoms with Gasteiger partial charge in [0.2, 0.25) is 0 Å². The Labute approximate surface area is 301 Å². The van der Waals surface area contributed by atoms with Crippen LogP contribution in [-0.4, -0.2) is 0 Å². The van der Waals surface area contributed by atoms with Crippen molar-refractivity contribution < 1.29 is 4.42 Å². The van der Waals surface area contributed by atoms with E-state index in [1.54, 1.807) is 0 Å². The zero-order valence-corrected chi connectivity index (χ0v) is 28.7. The minimum absolute atomic E-state index is 0.202. The molecule has 244 valence electrons. The van der Waals surface area contributed by atoms with E-state index < -0.39 is 0 Å². The average molecular weight is 664 g/mol. The first-order chi connectivity index (χ1) is 25.7. The van der Waals surface area contributed by atoms with Crippen molar-refractivity contribution in [2.45, 2.75) is 12.8 Å². The standard InChI is InChI=1S/C50H33NO/c1-31-36-23-13-24-44(48(36)49-46(31)40-20-9-10-21-41(40)47-42-22-11-12-25-45(42)52-50(47)49)51(34-15-3-2-4-16-34)35-28-26-32(27-29-35)43-30-33-14-5-6-17-37(33)38-18-7-8-19-39(38)43/h2-31H,1H3. The zero-order chi connectivity index (χ0) is 34.3. The minimum Gasteiger partial charge on any atom is -0.455 e. The summed E-state index contributed by atoms with van der Waals surface area (Å²) in [5.41, 5.74) is 12.8. The van der Waals surface area contributed by atoms with Crippen LogP contribution in [0.2, 0.25) is 0 Å². The Morgan fingerprint density at radius 2 is 1.12 bits per heavy atom. The summed E-state index contributed by atoms with van der Waals surface area (Å²) in [6.45, 7) is 2.35. The molecular weight excluding hydrogens is 631 g/mol. The van der Waals surface area contributed by atoms with Crippen molar-refractivity contribution in [2.24, 2.45) is 0 Å². The summed E-state index contributed by atoms with van der Waals surface area (Å²) >= 11 is 0. The second kappa shape index (κ2) is 11.2. The highest BCUT2D eigenvalue weighted by molar-refractivity contribution is 6.25. The lowest BCUT2D eigenvalue weighted by molar-refractivity contribution is 0.670. The molecule has 0 aliphatic heterocycles. The number of hydrogen-bond donors (Lipinski definition) is 0. The molecule has 0 amide bonds. The van der Waals surface area contributed by atoms with Crippen molar-refractivity contribution in [3.05, 3.63) is 187 Å². The number of benzene rings is 9. The first-order valence-corrected chi connectivity index (χ1v) is 18.1. The Bertz CT molecular complexity index is 3030. The number of anilines is 3. The van der Waals surface area contributed by atoms with Gasteiger partial charge in [0.25, 0.3) is 0 Å². The van der Waals surface area contributed by atoms with E-state index in [1.165, 1.54) is 71.1 Å². The average Bonchev–Trinajstić information content (AvgIpc) is 3.75. The van der Waals surface area contributed by atoms with Crippen molar-refractivity contribution in [2.75, 3.05) is 4.90 Å². The Hall–Kier alpha value is -6.64. The molecule has 10 aromatic rings. The second-order valence-electron chi connectivity index (χ2n) is 14.0. The summed E-state index contributed by atoms with van der Waals surface area (Å²) in [4.78, 5) is 2.42. The van der Waals surface area contributed by atoms with Crippen LogP contribution in [0.1, 0.15) is 24.0 Å². The highest BCUT2D eigenvalue weighted by atomic mass is 16.3. The van der Waals surface area contributed by atoms with Gasteiger partial charge in [-0.3, -0.25) is 0 Å². The van der Waals surface area contributed by atoms with Gasteiger partial charge in [-0.05, 0) is 97.0 Å². The summed E-state index contributed by atoms with van der Waals surface area (Å²) in [7, 11) is 0. The maximum Gasteiger partial charge on any atom is 0.144 e. The van der Waals surface area contributed by atoms with Gasteiger partial charge < -0.3 is 9.32 Å². The van der Waals surface area contributed by atoms with Crippen LogP contribution in [0.4, 0.5) is 17.1 Å². The van der Waals surface area contributed by atoms with E-state index in [1.807, 2.05) is 0 Å². The number of furan rings is 1. The zero-order valence-electron chi connectivity index (χ0n) is 28.7. The molecule has 1 aliphatic rings. The Morgan fingerprint density at radius 3 is 1.92 bits per heavy atom. The van der Waals surface area contributed by atoms with E-state index in [2.05, 4.69) is 188 Å². The lowest BCUT2D eigenvalue weighted by atomic mass is 9.91. The highest BCUT2D eigenvalue weighted by Crippen LogP contribution is 2.57. The third kappa shape index (κ3) is 4.12. The van der Waals surface area contributed by atoms with Crippen molar-refractivity contribution in [1.82, 2.24) is 0 Å². The van der Waals surface area contributed by atoms with Crippen molar-refractivity contribution in [3.63, 3.8) is 0 Å². The van der Waals surface area contributed by atoms with Crippen LogP contribution < -0.4 is 4.90 Å². The van der Waals surface area contributed by atoms with E-state index in [0.29, 0.717) is 0 Å². The third-order valence-corrected chi connectivity index (χ3v) is 11.3. The molecule has 0 spiro atoms. The molecule has 52 heavy (non-hydrogen) atoms. The topological polar surface area (TPSA) is 16.4 Å². The molecule has 1 aromatic heterocycles. The molecule has 1 unspecified atom stereocenters. The fourth-order valence-corrected chi connectivity index (χ4v) is 9.00. The Balaban J connectivity index is 1.15. The number of fused-ring (bicyclic) bond motifs is 13. The largest absolute Gasteiger partial charge is 0.455 e. The monoisotopic (exact) mass is 663 g/mol. The maximum absolute atomic E-state index is 6.87. The molecule has 0 saturated heterocycles. The summed E-state index contributed by atoms with van der Waals surface area (Å²) in [5.74, 6) is 0.202. The van der Waals surface area contributed by atoms with Crippen LogP contribution in [0.25, 0.3) is 76.5 Å². The molecule has 11 rings (SSSR count). The summed E-state index contributed by atoms with van der Waals surface area (Å²) in [6.07, 6.45) is 0. The van der Waals surface area contributed by atoms with Crippen molar-refractivity contribution >= 4 is 71.3 Å². The van der Waals surface area contributed by atoms with Gasteiger partial charge in [0.05, 0.1) is 5.69 Å². The minimum atomic E-state index is 0.202. The molecular formula is C50H33NO. The van der Waals surface area contributed by atoms with Gasteiger partial charge in [-0.2, -0.15) is 0 Å². The van der Waals surface area contributed by atoms with Crippen LogP contribution in [-0.2, 0) is 0 Å². The van der Waals surface area contributed by atoms with E-state index >= 15 is 0 Å². The number of para-hydroxylation sites is 2. The molecule has 1 heterocycles. The van der Waals surface area contributed by atoms with Gasteiger partial charge in [-0.25, -0.2) is 0 Å². The van der Waals surface area contributed by atoms with Crippen LogP contribution in [0, 0.1) is 0 Å². The van der Waals surface area contributed by atoms with Crippen molar-refractivity contribution in [1.29, 1.82) is 0 Å². The quantitative estimate of drug-likeness (QED) is 0.174. The molecule has 0 saturated carbocycles. The van der Waals surface area contributed by atoms with E-state index in [4.69, 9.17) is 4.42 Å². The molecule has 0 N–H and O–H groups in total. The van der Waals surface area contributed by atoms with Crippen LogP contribution in [0.15, 0.2) is 180 Å². The predicted molar refractivity (Wildman–Crippen MR) is 219 cm³/mol. The summed E-state index contributed by atoms with van der Waals surface area (Å²) in [5, 5.41) is 9.98. The molecule has 2 heteroatoms. The molecule has 0 bridgehead atoms. The first kappa shape index (κ1) is 29.1. The first-order valence-electron chi connectivity index (χ1n) is 18.1. The maximum atomic E-state index is 6.87. The van der Waals surface area contributed by atoms with Crippen LogP contribution in [0.3, 0.4) is 0 Å². The fraction of sp³-hybridized carbons (Fsp3) is 0.0400. The van der Waals surface area contributed by atoms with Gasteiger partial charge in [0.1, 0.15) is 11.2 Å². The lowest BCUT2D eigenvalue weighted by Crippen LogP contribution is -2.11. The van der Waals surface area contributed by atoms with Gasteiger partial charge in [-0.15, -0.1) is 0 Å². The van der Waals surface area contributed by atoms with Gasteiger partial charge >= 0.3 is 0 Å². The van der Waals surface area contributed by atoms with Crippen LogP contribution in [0.5, 0.6) is 0 Å². The van der Waals surface area contributed by atoms with E-state index in [0.717, 1.165) is 33.6 Å². The molecule has 1 aliphatic carbocycles. The van der Waals surface area contributed by atoms with Crippen molar-refractivity contribution in [3.8, 4) is 22.3 Å². The fourth-order valence-electron chi connectivity index (χ4n) is 9.00. The second-order valence-corrected chi connectivity index (χ2v) is 14.0. The molecule has 9 aromatic carbocycles.